The number of hydrogen-bond donors (Lipinski definition) is 1. The number of fused-ring (bicyclic) bond motifs is 1. The van der Waals surface area contributed by atoms with Crippen LogP contribution in [0, 0.1) is 6.92 Å². The number of likely N-dealkylation sites (tertiary alicyclic amines) is 1. The van der Waals surface area contributed by atoms with Crippen LogP contribution in [-0.4, -0.2) is 39.1 Å². The van der Waals surface area contributed by atoms with E-state index in [4.69, 9.17) is 0 Å². The first-order valence-corrected chi connectivity index (χ1v) is 9.12. The molecule has 0 amide bonds. The first-order chi connectivity index (χ1) is 12.6. The fraction of sp³-hybridized carbons (Fsp3) is 0.333. The predicted molar refractivity (Wildman–Crippen MR) is 104 cm³/mol. The summed E-state index contributed by atoms with van der Waals surface area (Å²) in [7, 11) is 0. The number of aromatic amines is 1. The molecule has 0 bridgehead atoms. The third-order valence-electron chi connectivity index (χ3n) is 5.00. The standard InChI is InChI=1S/C21H24N4O/c1-15(10-17-6-4-3-5-7-17)13-24-9-8-18(14-24)19-12-20-22-16(2)11-21(26)25(20)23-19/h3-7,10-12,18,23H,8-9,13-14H2,1-2H3/b15-10+/t18-/m0/s1. The lowest BCUT2D eigenvalue weighted by Gasteiger charge is -2.16. The molecule has 1 aromatic carbocycles. The van der Waals surface area contributed by atoms with Crippen molar-refractivity contribution >= 4 is 11.7 Å². The van der Waals surface area contributed by atoms with Crippen LogP contribution in [0.15, 0.2) is 52.8 Å². The topological polar surface area (TPSA) is 53.4 Å². The van der Waals surface area contributed by atoms with Crippen LogP contribution in [0.5, 0.6) is 0 Å². The molecule has 26 heavy (non-hydrogen) atoms. The molecule has 1 atom stereocenters. The summed E-state index contributed by atoms with van der Waals surface area (Å²) in [5.74, 6) is 0.418. The Morgan fingerprint density at radius 3 is 2.92 bits per heavy atom. The van der Waals surface area contributed by atoms with Crippen molar-refractivity contribution < 1.29 is 0 Å². The maximum absolute atomic E-state index is 12.1. The Bertz CT molecular complexity index is 1000. The Hall–Kier alpha value is -2.66. The molecular weight excluding hydrogens is 324 g/mol. The molecule has 5 heteroatoms. The quantitative estimate of drug-likeness (QED) is 0.788. The molecule has 0 saturated carbocycles. The van der Waals surface area contributed by atoms with E-state index in [-0.39, 0.29) is 5.56 Å². The largest absolute Gasteiger partial charge is 0.299 e. The third kappa shape index (κ3) is 3.48. The molecule has 4 rings (SSSR count). The van der Waals surface area contributed by atoms with Crippen LogP contribution in [0.4, 0.5) is 0 Å². The van der Waals surface area contributed by atoms with E-state index in [1.54, 1.807) is 10.6 Å². The second-order valence-corrected chi connectivity index (χ2v) is 7.26. The smallest absolute Gasteiger partial charge is 0.272 e. The van der Waals surface area contributed by atoms with E-state index in [2.05, 4.69) is 52.2 Å². The molecule has 1 fully saturated rings. The van der Waals surface area contributed by atoms with Gasteiger partial charge in [-0.05, 0) is 32.4 Å². The normalized spacial score (nSPS) is 18.7. The number of rotatable bonds is 4. The van der Waals surface area contributed by atoms with Crippen LogP contribution < -0.4 is 5.56 Å². The summed E-state index contributed by atoms with van der Waals surface area (Å²) >= 11 is 0. The van der Waals surface area contributed by atoms with Crippen LogP contribution in [0.2, 0.25) is 0 Å². The molecule has 0 aliphatic carbocycles. The fourth-order valence-corrected chi connectivity index (χ4v) is 3.80. The van der Waals surface area contributed by atoms with Crippen molar-refractivity contribution in [2.24, 2.45) is 0 Å². The molecular formula is C21H24N4O. The van der Waals surface area contributed by atoms with Gasteiger partial charge in [0.15, 0.2) is 5.65 Å². The van der Waals surface area contributed by atoms with E-state index < -0.39 is 0 Å². The monoisotopic (exact) mass is 348 g/mol. The molecule has 3 aromatic rings. The molecule has 0 unspecified atom stereocenters. The molecule has 1 N–H and O–H groups in total. The van der Waals surface area contributed by atoms with E-state index in [0.717, 1.165) is 37.4 Å². The molecule has 3 heterocycles. The minimum absolute atomic E-state index is 0.0461. The highest BCUT2D eigenvalue weighted by molar-refractivity contribution is 5.52. The van der Waals surface area contributed by atoms with Crippen LogP contribution in [0.3, 0.4) is 0 Å². The average molecular weight is 348 g/mol. The summed E-state index contributed by atoms with van der Waals surface area (Å²) < 4.78 is 1.55. The summed E-state index contributed by atoms with van der Waals surface area (Å²) in [5.41, 5.74) is 5.14. The van der Waals surface area contributed by atoms with Crippen LogP contribution in [0.25, 0.3) is 11.7 Å². The van der Waals surface area contributed by atoms with Gasteiger partial charge < -0.3 is 0 Å². The van der Waals surface area contributed by atoms with Gasteiger partial charge in [0.1, 0.15) is 0 Å². The maximum Gasteiger partial charge on any atom is 0.272 e. The highest BCUT2D eigenvalue weighted by Crippen LogP contribution is 2.27. The zero-order chi connectivity index (χ0) is 18.1. The van der Waals surface area contributed by atoms with E-state index in [0.29, 0.717) is 11.6 Å². The summed E-state index contributed by atoms with van der Waals surface area (Å²) in [6, 6.07) is 14.0. The Labute approximate surface area is 153 Å². The number of aromatic nitrogens is 3. The fourth-order valence-electron chi connectivity index (χ4n) is 3.80. The second-order valence-electron chi connectivity index (χ2n) is 7.26. The maximum atomic E-state index is 12.1. The van der Waals surface area contributed by atoms with Gasteiger partial charge >= 0.3 is 0 Å². The van der Waals surface area contributed by atoms with Crippen LogP contribution >= 0.6 is 0 Å². The van der Waals surface area contributed by atoms with Crippen molar-refractivity contribution in [1.82, 2.24) is 19.5 Å². The summed E-state index contributed by atoms with van der Waals surface area (Å²) in [6.07, 6.45) is 3.35. The number of benzene rings is 1. The lowest BCUT2D eigenvalue weighted by atomic mass is 10.1. The first-order valence-electron chi connectivity index (χ1n) is 9.12. The number of aryl methyl sites for hydroxylation is 1. The molecule has 5 nitrogen and oxygen atoms in total. The predicted octanol–water partition coefficient (Wildman–Crippen LogP) is 3.22. The number of nitrogens with one attached hydrogen (secondary N) is 1. The minimum Gasteiger partial charge on any atom is -0.299 e. The van der Waals surface area contributed by atoms with Crippen molar-refractivity contribution in [1.29, 1.82) is 0 Å². The zero-order valence-electron chi connectivity index (χ0n) is 15.3. The highest BCUT2D eigenvalue weighted by atomic mass is 16.1. The van der Waals surface area contributed by atoms with Gasteiger partial charge in [0.05, 0.1) is 0 Å². The second kappa shape index (κ2) is 6.92. The molecule has 134 valence electrons. The summed E-state index contributed by atoms with van der Waals surface area (Å²) in [6.45, 7) is 7.09. The average Bonchev–Trinajstić information content (AvgIpc) is 3.22. The SMILES string of the molecule is C/C(=C\c1ccccc1)CN1CC[C@H](c2cc3nc(C)cc(=O)n3[nH]2)C1. The number of nitrogens with zero attached hydrogens (tertiary/aromatic N) is 3. The lowest BCUT2D eigenvalue weighted by molar-refractivity contribution is 0.363. The number of H-pyrrole nitrogens is 1. The van der Waals surface area contributed by atoms with Crippen LogP contribution in [0.1, 0.15) is 36.2 Å². The van der Waals surface area contributed by atoms with Gasteiger partial charge in [-0.25, -0.2) is 9.50 Å². The Morgan fingerprint density at radius 2 is 2.12 bits per heavy atom. The highest BCUT2D eigenvalue weighted by Gasteiger charge is 2.25. The van der Waals surface area contributed by atoms with Gasteiger partial charge in [0.2, 0.25) is 0 Å². The van der Waals surface area contributed by atoms with Crippen molar-refractivity contribution in [3.05, 3.63) is 75.3 Å². The Kier molecular flexibility index (Phi) is 4.47. The first kappa shape index (κ1) is 16.8. The van der Waals surface area contributed by atoms with Crippen molar-refractivity contribution in [3.8, 4) is 0 Å². The zero-order valence-corrected chi connectivity index (χ0v) is 15.3. The van der Waals surface area contributed by atoms with Gasteiger partial charge in [-0.2, -0.15) is 0 Å². The summed E-state index contributed by atoms with van der Waals surface area (Å²) in [5, 5.41) is 3.25. The van der Waals surface area contributed by atoms with Gasteiger partial charge in [0.25, 0.3) is 5.56 Å². The third-order valence-corrected chi connectivity index (χ3v) is 5.00. The lowest BCUT2D eigenvalue weighted by Crippen LogP contribution is -2.22. The molecule has 1 aliphatic heterocycles. The van der Waals surface area contributed by atoms with Gasteiger partial charge in [-0.1, -0.05) is 42.0 Å². The van der Waals surface area contributed by atoms with E-state index in [9.17, 15) is 4.79 Å². The number of hydrogen-bond acceptors (Lipinski definition) is 3. The van der Waals surface area contributed by atoms with Gasteiger partial charge in [-0.3, -0.25) is 14.8 Å². The van der Waals surface area contributed by atoms with Crippen molar-refractivity contribution in [2.75, 3.05) is 19.6 Å². The molecule has 1 saturated heterocycles. The minimum atomic E-state index is -0.0461. The molecule has 1 aliphatic rings. The van der Waals surface area contributed by atoms with E-state index >= 15 is 0 Å². The van der Waals surface area contributed by atoms with E-state index in [1.165, 1.54) is 11.1 Å². The van der Waals surface area contributed by atoms with Crippen LogP contribution in [-0.2, 0) is 0 Å². The Morgan fingerprint density at radius 1 is 1.31 bits per heavy atom. The molecule has 2 aromatic heterocycles. The molecule has 0 radical (unpaired) electrons. The van der Waals surface area contributed by atoms with Gasteiger partial charge in [-0.15, -0.1) is 0 Å². The van der Waals surface area contributed by atoms with Crippen molar-refractivity contribution in [3.63, 3.8) is 0 Å². The van der Waals surface area contributed by atoms with Crippen molar-refractivity contribution in [2.45, 2.75) is 26.2 Å². The molecule has 0 spiro atoms. The van der Waals surface area contributed by atoms with E-state index in [1.807, 2.05) is 19.1 Å². The Balaban J connectivity index is 1.46. The summed E-state index contributed by atoms with van der Waals surface area (Å²) in [4.78, 5) is 19.0. The van der Waals surface area contributed by atoms with Gasteiger partial charge in [0, 0.05) is 42.5 Å².